The third kappa shape index (κ3) is 4.02. The molecule has 0 aliphatic heterocycles. The summed E-state index contributed by atoms with van der Waals surface area (Å²) in [4.78, 5) is 15.8. The minimum atomic E-state index is -0.155. The maximum absolute atomic E-state index is 5.42. The molecule has 0 unspecified atom stereocenters. The van der Waals surface area contributed by atoms with Gasteiger partial charge in [0.1, 0.15) is 0 Å². The molecule has 10 nitrogen and oxygen atoms in total. The largest absolute Gasteiger partial charge is 0.576 e. The van der Waals surface area contributed by atoms with E-state index in [2.05, 4.69) is 19.9 Å². The zero-order valence-electron chi connectivity index (χ0n) is 13.1. The Kier molecular flexibility index (Phi) is 5.61. The van der Waals surface area contributed by atoms with Crippen molar-refractivity contribution >= 4 is 7.69 Å². The van der Waals surface area contributed by atoms with Gasteiger partial charge in [-0.25, -0.2) is 0 Å². The zero-order chi connectivity index (χ0) is 16.7. The Morgan fingerprint density at radius 3 is 1.48 bits per heavy atom. The maximum Gasteiger partial charge on any atom is 0.576 e. The molecule has 11 heteroatoms. The molecule has 0 aliphatic rings. The second-order valence-corrected chi connectivity index (χ2v) is 3.87. The smallest absolute Gasteiger partial charge is 0.524 e. The van der Waals surface area contributed by atoms with Crippen LogP contribution in [0.3, 0.4) is 0 Å². The topological polar surface area (TPSA) is 107 Å². The quantitative estimate of drug-likeness (QED) is 0.617. The van der Waals surface area contributed by atoms with E-state index in [0.29, 0.717) is 11.5 Å². The molecule has 2 aromatic heterocycles. The summed E-state index contributed by atoms with van der Waals surface area (Å²) < 4.78 is 30.8. The van der Waals surface area contributed by atoms with Crippen molar-refractivity contribution < 1.29 is 28.3 Å². The minimum Gasteiger partial charge on any atom is -0.524 e. The highest BCUT2D eigenvalue weighted by Crippen LogP contribution is 2.27. The molecule has 0 radical (unpaired) electrons. The first-order valence-corrected chi connectivity index (χ1v) is 6.37. The van der Waals surface area contributed by atoms with E-state index in [0.717, 1.165) is 0 Å². The second-order valence-electron chi connectivity index (χ2n) is 3.87. The molecule has 2 rings (SSSR count). The standard InChI is InChI=1S/C12H15BN4O6/c1-18-9-7(5-14-11(16-9)20-3)22-13-23-8-6-15-12(21-4)17-10(8)19-2/h5-6,13H,1-4H3. The molecule has 122 valence electrons. The van der Waals surface area contributed by atoms with E-state index in [-0.39, 0.29) is 31.5 Å². The van der Waals surface area contributed by atoms with Crippen LogP contribution in [0.1, 0.15) is 0 Å². The zero-order valence-corrected chi connectivity index (χ0v) is 13.1. The Balaban J connectivity index is 2.02. The summed E-state index contributed by atoms with van der Waals surface area (Å²) in [5.74, 6) is 1.03. The molecule has 0 spiro atoms. The van der Waals surface area contributed by atoms with Crippen molar-refractivity contribution in [3.8, 4) is 35.3 Å². The number of hydrogen-bond acceptors (Lipinski definition) is 10. The summed E-state index contributed by atoms with van der Waals surface area (Å²) in [6.07, 6.45) is 2.82. The maximum atomic E-state index is 5.42. The van der Waals surface area contributed by atoms with E-state index in [4.69, 9.17) is 28.3 Å². The van der Waals surface area contributed by atoms with Crippen molar-refractivity contribution in [2.24, 2.45) is 0 Å². The van der Waals surface area contributed by atoms with Gasteiger partial charge in [-0.3, -0.25) is 0 Å². The average molecular weight is 322 g/mol. The Bertz CT molecular complexity index is 604. The molecule has 0 bridgehead atoms. The highest BCUT2D eigenvalue weighted by atomic mass is 16.6. The molecule has 0 fully saturated rings. The molecule has 23 heavy (non-hydrogen) atoms. The van der Waals surface area contributed by atoms with Crippen LogP contribution in [-0.4, -0.2) is 56.1 Å². The van der Waals surface area contributed by atoms with E-state index in [1.165, 1.54) is 40.8 Å². The molecular formula is C12H15BN4O6. The monoisotopic (exact) mass is 322 g/mol. The van der Waals surface area contributed by atoms with E-state index in [1.807, 2.05) is 0 Å². The van der Waals surface area contributed by atoms with Crippen LogP contribution in [0, 0.1) is 0 Å². The van der Waals surface area contributed by atoms with E-state index < -0.39 is 0 Å². The third-order valence-electron chi connectivity index (χ3n) is 2.58. The van der Waals surface area contributed by atoms with Crippen LogP contribution in [0.15, 0.2) is 12.4 Å². The van der Waals surface area contributed by atoms with Gasteiger partial charge in [-0.2, -0.15) is 19.9 Å². The predicted octanol–water partition coefficient (Wildman–Crippen LogP) is 0.0253. The molecule has 0 aliphatic carbocycles. The normalized spacial score (nSPS) is 9.74. The summed E-state index contributed by atoms with van der Waals surface area (Å²) >= 11 is 0. The summed E-state index contributed by atoms with van der Waals surface area (Å²) in [7, 11) is 5.66. The lowest BCUT2D eigenvalue weighted by Gasteiger charge is -2.11. The number of aromatic nitrogens is 4. The van der Waals surface area contributed by atoms with Crippen LogP contribution in [0.25, 0.3) is 0 Å². The van der Waals surface area contributed by atoms with Crippen LogP contribution in [0.5, 0.6) is 35.3 Å². The first-order chi connectivity index (χ1) is 11.2. The average Bonchev–Trinajstić information content (AvgIpc) is 2.61. The molecular weight excluding hydrogens is 307 g/mol. The number of nitrogens with zero attached hydrogens (tertiary/aromatic N) is 4. The van der Waals surface area contributed by atoms with Crippen LogP contribution < -0.4 is 28.3 Å². The van der Waals surface area contributed by atoms with Gasteiger partial charge in [-0.05, 0) is 0 Å². The first kappa shape index (κ1) is 16.4. The highest BCUT2D eigenvalue weighted by Gasteiger charge is 2.13. The van der Waals surface area contributed by atoms with Crippen molar-refractivity contribution in [2.75, 3.05) is 28.4 Å². The Morgan fingerprint density at radius 1 is 0.696 bits per heavy atom. The first-order valence-electron chi connectivity index (χ1n) is 6.37. The molecule has 2 heterocycles. The SMILES string of the molecule is COc1ncc(OBOc2cnc(OC)nc2OC)c(OC)n1. The van der Waals surface area contributed by atoms with Gasteiger partial charge in [0.25, 0.3) is 11.8 Å². The molecule has 0 saturated heterocycles. The molecule has 2 aromatic rings. The van der Waals surface area contributed by atoms with Gasteiger partial charge in [-0.15, -0.1) is 0 Å². The Morgan fingerprint density at radius 2 is 1.13 bits per heavy atom. The molecule has 0 saturated carbocycles. The third-order valence-corrected chi connectivity index (χ3v) is 2.58. The fraction of sp³-hybridized carbons (Fsp3) is 0.333. The molecule has 0 atom stereocenters. The van der Waals surface area contributed by atoms with Crippen LogP contribution in [-0.2, 0) is 0 Å². The fourth-order valence-electron chi connectivity index (χ4n) is 1.52. The fourth-order valence-corrected chi connectivity index (χ4v) is 1.52. The van der Waals surface area contributed by atoms with Gasteiger partial charge >= 0.3 is 19.7 Å². The van der Waals surface area contributed by atoms with E-state index in [9.17, 15) is 0 Å². The number of rotatable bonds is 8. The summed E-state index contributed by atoms with van der Waals surface area (Å²) in [5.41, 5.74) is 0. The van der Waals surface area contributed by atoms with E-state index >= 15 is 0 Å². The van der Waals surface area contributed by atoms with Gasteiger partial charge < -0.3 is 28.3 Å². The van der Waals surface area contributed by atoms with Gasteiger partial charge in [0.15, 0.2) is 11.5 Å². The van der Waals surface area contributed by atoms with Crippen molar-refractivity contribution in [3.05, 3.63) is 12.4 Å². The lowest BCUT2D eigenvalue weighted by atomic mass is 10.3. The number of methoxy groups -OCH3 is 4. The van der Waals surface area contributed by atoms with Gasteiger partial charge in [-0.1, -0.05) is 0 Å². The van der Waals surface area contributed by atoms with Crippen molar-refractivity contribution in [3.63, 3.8) is 0 Å². The van der Waals surface area contributed by atoms with Crippen molar-refractivity contribution in [1.29, 1.82) is 0 Å². The van der Waals surface area contributed by atoms with Crippen molar-refractivity contribution in [1.82, 2.24) is 19.9 Å². The summed E-state index contributed by atoms with van der Waals surface area (Å²) in [6, 6.07) is 0.334. The van der Waals surface area contributed by atoms with Crippen molar-refractivity contribution in [2.45, 2.75) is 0 Å². The summed E-state index contributed by atoms with van der Waals surface area (Å²) in [6.45, 7) is 0. The Labute approximate surface area is 133 Å². The van der Waals surface area contributed by atoms with Gasteiger partial charge in [0, 0.05) is 0 Å². The Hall–Kier alpha value is -2.98. The number of ether oxygens (including phenoxy) is 4. The van der Waals surface area contributed by atoms with Crippen LogP contribution in [0.4, 0.5) is 0 Å². The molecule has 0 N–H and O–H groups in total. The summed E-state index contributed by atoms with van der Waals surface area (Å²) in [5, 5.41) is 0. The predicted molar refractivity (Wildman–Crippen MR) is 78.7 cm³/mol. The van der Waals surface area contributed by atoms with E-state index in [1.54, 1.807) is 0 Å². The number of hydrogen-bond donors (Lipinski definition) is 0. The second kappa shape index (κ2) is 7.87. The lowest BCUT2D eigenvalue weighted by molar-refractivity contribution is 0.328. The van der Waals surface area contributed by atoms with Crippen LogP contribution in [0.2, 0.25) is 0 Å². The minimum absolute atomic E-state index is 0.155. The highest BCUT2D eigenvalue weighted by molar-refractivity contribution is 6.20. The molecule has 0 aromatic carbocycles. The lowest BCUT2D eigenvalue weighted by Crippen LogP contribution is -2.13. The van der Waals surface area contributed by atoms with Crippen LogP contribution >= 0.6 is 0 Å². The molecule has 0 amide bonds. The van der Waals surface area contributed by atoms with Gasteiger partial charge in [0.2, 0.25) is 0 Å². The van der Waals surface area contributed by atoms with Gasteiger partial charge in [0.05, 0.1) is 40.8 Å².